The molecule has 2 atom stereocenters. The molecule has 0 amide bonds. The van der Waals surface area contributed by atoms with E-state index in [1.807, 2.05) is 6.92 Å². The Morgan fingerprint density at radius 2 is 2.50 bits per heavy atom. The summed E-state index contributed by atoms with van der Waals surface area (Å²) in [4.78, 5) is 10.6. The quantitative estimate of drug-likeness (QED) is 0.640. The van der Waals surface area contributed by atoms with Crippen molar-refractivity contribution in [2.24, 2.45) is 11.1 Å². The number of rotatable bonds is 3. The number of nitrogens with two attached hydrogens (primary N) is 1. The summed E-state index contributed by atoms with van der Waals surface area (Å²) in [6.07, 6.45) is 0.848. The van der Waals surface area contributed by atoms with E-state index >= 15 is 0 Å². The third kappa shape index (κ3) is 1.59. The summed E-state index contributed by atoms with van der Waals surface area (Å²) in [5.74, 6) is -0.794. The van der Waals surface area contributed by atoms with Crippen molar-refractivity contribution in [3.8, 4) is 0 Å². The Morgan fingerprint density at radius 3 is 2.83 bits per heavy atom. The normalized spacial score (nSPS) is 35.3. The lowest BCUT2D eigenvalue weighted by molar-refractivity contribution is -0.140. The van der Waals surface area contributed by atoms with Crippen molar-refractivity contribution < 1.29 is 14.6 Å². The average molecular weight is 173 g/mol. The van der Waals surface area contributed by atoms with E-state index in [1.54, 1.807) is 0 Å². The number of hydrogen-bond acceptors (Lipinski definition) is 3. The monoisotopic (exact) mass is 173 g/mol. The van der Waals surface area contributed by atoms with E-state index in [9.17, 15) is 4.79 Å². The maximum atomic E-state index is 10.6. The van der Waals surface area contributed by atoms with E-state index in [1.165, 1.54) is 0 Å². The van der Waals surface area contributed by atoms with Crippen molar-refractivity contribution in [2.75, 3.05) is 13.2 Å². The predicted octanol–water partition coefficient (Wildman–Crippen LogP) is 0.215. The molecule has 0 aromatic rings. The molecule has 3 N–H and O–H groups in total. The molecule has 0 radical (unpaired) electrons. The van der Waals surface area contributed by atoms with Crippen LogP contribution < -0.4 is 5.73 Å². The van der Waals surface area contributed by atoms with E-state index in [2.05, 4.69) is 0 Å². The Morgan fingerprint density at radius 1 is 1.83 bits per heavy atom. The minimum atomic E-state index is -0.794. The smallest absolute Gasteiger partial charge is 0.304 e. The third-order valence-electron chi connectivity index (χ3n) is 2.74. The number of hydrogen-bond donors (Lipinski definition) is 2. The van der Waals surface area contributed by atoms with Gasteiger partial charge in [-0.15, -0.1) is 0 Å². The molecule has 1 aliphatic heterocycles. The van der Waals surface area contributed by atoms with E-state index in [0.717, 1.165) is 6.42 Å². The molecule has 4 nitrogen and oxygen atoms in total. The standard InChI is InChI=1S/C8H15NO3/c1-6-8(5-9,2-3-12-6)4-7(10)11/h6H,2-5,9H2,1H3,(H,10,11). The molecule has 0 aromatic carbocycles. The maximum Gasteiger partial charge on any atom is 0.304 e. The second-order valence-electron chi connectivity index (χ2n) is 3.40. The van der Waals surface area contributed by atoms with Crippen LogP contribution >= 0.6 is 0 Å². The van der Waals surface area contributed by atoms with E-state index < -0.39 is 5.97 Å². The topological polar surface area (TPSA) is 72.5 Å². The summed E-state index contributed by atoms with van der Waals surface area (Å²) in [6, 6.07) is 0. The molecular formula is C8H15NO3. The first-order valence-corrected chi connectivity index (χ1v) is 4.14. The van der Waals surface area contributed by atoms with Gasteiger partial charge in [-0.2, -0.15) is 0 Å². The van der Waals surface area contributed by atoms with Gasteiger partial charge in [0, 0.05) is 18.6 Å². The largest absolute Gasteiger partial charge is 0.481 e. The maximum absolute atomic E-state index is 10.6. The Balaban J connectivity index is 2.67. The SMILES string of the molecule is CC1OCCC1(CN)CC(=O)O. The molecule has 1 saturated heterocycles. The van der Waals surface area contributed by atoms with Crippen LogP contribution in [0.4, 0.5) is 0 Å². The molecule has 0 bridgehead atoms. The zero-order chi connectivity index (χ0) is 9.19. The number of carboxylic acid groups (broad SMARTS) is 1. The molecule has 1 fully saturated rings. The van der Waals surface area contributed by atoms with Gasteiger partial charge in [0.05, 0.1) is 12.5 Å². The summed E-state index contributed by atoms with van der Waals surface area (Å²) in [5.41, 5.74) is 5.24. The number of aliphatic carboxylic acids is 1. The lowest BCUT2D eigenvalue weighted by atomic mass is 9.79. The molecule has 0 saturated carbocycles. The molecule has 4 heteroatoms. The number of carboxylic acids is 1. The van der Waals surface area contributed by atoms with Crippen LogP contribution in [0.15, 0.2) is 0 Å². The Labute approximate surface area is 71.7 Å². The Bertz CT molecular complexity index is 183. The molecule has 0 aliphatic carbocycles. The van der Waals surface area contributed by atoms with E-state index in [0.29, 0.717) is 13.2 Å². The van der Waals surface area contributed by atoms with Crippen molar-refractivity contribution in [1.82, 2.24) is 0 Å². The van der Waals surface area contributed by atoms with Gasteiger partial charge >= 0.3 is 5.97 Å². The number of carbonyl (C=O) groups is 1. The average Bonchev–Trinajstić information content (AvgIpc) is 2.32. The highest BCUT2D eigenvalue weighted by Crippen LogP contribution is 2.36. The van der Waals surface area contributed by atoms with E-state index in [-0.39, 0.29) is 17.9 Å². The van der Waals surface area contributed by atoms with Gasteiger partial charge in [-0.25, -0.2) is 0 Å². The minimum absolute atomic E-state index is 0.0291. The van der Waals surface area contributed by atoms with Gasteiger partial charge in [-0.1, -0.05) is 0 Å². The zero-order valence-electron chi connectivity index (χ0n) is 7.25. The van der Waals surface area contributed by atoms with Crippen LogP contribution in [-0.2, 0) is 9.53 Å². The van der Waals surface area contributed by atoms with Crippen LogP contribution in [0.2, 0.25) is 0 Å². The van der Waals surface area contributed by atoms with E-state index in [4.69, 9.17) is 15.6 Å². The van der Waals surface area contributed by atoms with Crippen LogP contribution in [0.3, 0.4) is 0 Å². The fourth-order valence-corrected chi connectivity index (χ4v) is 1.69. The number of ether oxygens (including phenoxy) is 1. The lowest BCUT2D eigenvalue weighted by Gasteiger charge is -2.28. The summed E-state index contributed by atoms with van der Waals surface area (Å²) in [7, 11) is 0. The second kappa shape index (κ2) is 3.41. The van der Waals surface area contributed by atoms with Crippen LogP contribution in [0.5, 0.6) is 0 Å². The van der Waals surface area contributed by atoms with Crippen molar-refractivity contribution in [2.45, 2.75) is 25.9 Å². The molecule has 1 heterocycles. The highest BCUT2D eigenvalue weighted by atomic mass is 16.5. The molecular weight excluding hydrogens is 158 g/mol. The van der Waals surface area contributed by atoms with Crippen molar-refractivity contribution in [3.63, 3.8) is 0 Å². The molecule has 1 rings (SSSR count). The van der Waals surface area contributed by atoms with Crippen molar-refractivity contribution in [3.05, 3.63) is 0 Å². The first kappa shape index (κ1) is 9.48. The van der Waals surface area contributed by atoms with Gasteiger partial charge in [0.2, 0.25) is 0 Å². The fourth-order valence-electron chi connectivity index (χ4n) is 1.69. The van der Waals surface area contributed by atoms with Crippen LogP contribution in [-0.4, -0.2) is 30.3 Å². The summed E-state index contributed by atoms with van der Waals surface area (Å²) in [5, 5.41) is 8.68. The fraction of sp³-hybridized carbons (Fsp3) is 0.875. The van der Waals surface area contributed by atoms with Crippen LogP contribution in [0.1, 0.15) is 19.8 Å². The Hall–Kier alpha value is -0.610. The van der Waals surface area contributed by atoms with Crippen LogP contribution in [0, 0.1) is 5.41 Å². The minimum Gasteiger partial charge on any atom is -0.481 e. The molecule has 0 aromatic heterocycles. The highest BCUT2D eigenvalue weighted by Gasteiger charge is 2.41. The van der Waals surface area contributed by atoms with Gasteiger partial charge in [-0.05, 0) is 13.3 Å². The molecule has 0 spiro atoms. The van der Waals surface area contributed by atoms with Crippen molar-refractivity contribution in [1.29, 1.82) is 0 Å². The zero-order valence-corrected chi connectivity index (χ0v) is 7.25. The van der Waals surface area contributed by atoms with Gasteiger partial charge in [-0.3, -0.25) is 4.79 Å². The van der Waals surface area contributed by atoms with Gasteiger partial charge in [0.25, 0.3) is 0 Å². The van der Waals surface area contributed by atoms with Gasteiger partial charge in [0.1, 0.15) is 0 Å². The third-order valence-corrected chi connectivity index (χ3v) is 2.74. The van der Waals surface area contributed by atoms with Crippen molar-refractivity contribution >= 4 is 5.97 Å². The Kier molecular flexibility index (Phi) is 2.69. The summed E-state index contributed by atoms with van der Waals surface area (Å²) >= 11 is 0. The lowest BCUT2D eigenvalue weighted by Crippen LogP contribution is -2.38. The predicted molar refractivity (Wildman–Crippen MR) is 43.8 cm³/mol. The first-order chi connectivity index (χ1) is 5.60. The molecule has 70 valence electrons. The molecule has 2 unspecified atom stereocenters. The molecule has 1 aliphatic rings. The highest BCUT2D eigenvalue weighted by molar-refractivity contribution is 5.68. The first-order valence-electron chi connectivity index (χ1n) is 4.14. The van der Waals surface area contributed by atoms with Gasteiger partial charge < -0.3 is 15.6 Å². The van der Waals surface area contributed by atoms with Gasteiger partial charge in [0.15, 0.2) is 0 Å². The summed E-state index contributed by atoms with van der Waals surface area (Å²) in [6.45, 7) is 2.91. The second-order valence-corrected chi connectivity index (χ2v) is 3.40. The molecule has 12 heavy (non-hydrogen) atoms. The summed E-state index contributed by atoms with van der Waals surface area (Å²) < 4.78 is 5.32. The van der Waals surface area contributed by atoms with Crippen LogP contribution in [0.25, 0.3) is 0 Å².